The first kappa shape index (κ1) is 14.0. The van der Waals surface area contributed by atoms with Gasteiger partial charge in [-0.1, -0.05) is 18.5 Å². The molecule has 17 heavy (non-hydrogen) atoms. The van der Waals surface area contributed by atoms with E-state index in [1.54, 1.807) is 7.11 Å². The highest BCUT2D eigenvalue weighted by Crippen LogP contribution is 2.27. The second-order valence-electron chi connectivity index (χ2n) is 3.44. The van der Waals surface area contributed by atoms with Crippen LogP contribution in [0.25, 0.3) is 0 Å². The summed E-state index contributed by atoms with van der Waals surface area (Å²) >= 11 is 5.87. The number of nitrogens with zero attached hydrogens (tertiary/aromatic N) is 2. The van der Waals surface area contributed by atoms with E-state index >= 15 is 0 Å². The molecule has 0 saturated heterocycles. The van der Waals surface area contributed by atoms with E-state index < -0.39 is 0 Å². The first-order valence-corrected chi connectivity index (χ1v) is 6.03. The van der Waals surface area contributed by atoms with Crippen molar-refractivity contribution in [1.29, 1.82) is 0 Å². The van der Waals surface area contributed by atoms with Gasteiger partial charge < -0.3 is 14.8 Å². The Hall–Kier alpha value is -1.07. The Morgan fingerprint density at radius 2 is 2.18 bits per heavy atom. The van der Waals surface area contributed by atoms with Gasteiger partial charge in [0.15, 0.2) is 16.7 Å². The van der Waals surface area contributed by atoms with Crippen LogP contribution >= 0.6 is 11.6 Å². The average molecular weight is 260 g/mol. The monoisotopic (exact) mass is 259 g/mol. The van der Waals surface area contributed by atoms with Crippen molar-refractivity contribution in [1.82, 2.24) is 9.97 Å². The molecule has 0 radical (unpaired) electrons. The zero-order valence-electron chi connectivity index (χ0n) is 10.2. The lowest BCUT2D eigenvalue weighted by Gasteiger charge is -2.10. The predicted octanol–water partition coefficient (Wildman–Crippen LogP) is 2.37. The van der Waals surface area contributed by atoms with Gasteiger partial charge in [-0.05, 0) is 12.8 Å². The molecule has 0 fully saturated rings. The molecule has 5 nitrogen and oxygen atoms in total. The Bertz CT molecular complexity index is 336. The van der Waals surface area contributed by atoms with E-state index in [1.807, 2.05) is 0 Å². The van der Waals surface area contributed by atoms with Crippen LogP contribution in [0.1, 0.15) is 19.8 Å². The van der Waals surface area contributed by atoms with Gasteiger partial charge in [-0.15, -0.1) is 0 Å². The van der Waals surface area contributed by atoms with Gasteiger partial charge in [0.2, 0.25) is 0 Å². The van der Waals surface area contributed by atoms with Gasteiger partial charge in [0, 0.05) is 19.8 Å². The van der Waals surface area contributed by atoms with Gasteiger partial charge in [0.25, 0.3) is 0 Å². The molecular weight excluding hydrogens is 242 g/mol. The van der Waals surface area contributed by atoms with Crippen molar-refractivity contribution in [2.24, 2.45) is 0 Å². The van der Waals surface area contributed by atoms with Crippen LogP contribution in [0.3, 0.4) is 0 Å². The molecule has 1 aromatic rings. The summed E-state index contributed by atoms with van der Waals surface area (Å²) in [6.45, 7) is 4.39. The molecule has 0 amide bonds. The maximum Gasteiger partial charge on any atom is 0.198 e. The molecule has 1 rings (SSSR count). The molecule has 0 spiro atoms. The Balaban J connectivity index is 2.33. The standard InChI is InChI=1S/C11H18ClN3O2/c1-3-6-17-7-4-5-13-11-9(16-2)10(12)14-8-15-11/h8H,3-7H2,1-2H3,(H,13,14,15). The quantitative estimate of drug-likeness (QED) is 0.574. The second kappa shape index (κ2) is 8.08. The van der Waals surface area contributed by atoms with Crippen molar-refractivity contribution in [2.45, 2.75) is 19.8 Å². The molecule has 0 aliphatic rings. The molecule has 0 aliphatic carbocycles. The zero-order chi connectivity index (χ0) is 12.5. The van der Waals surface area contributed by atoms with Gasteiger partial charge in [-0.3, -0.25) is 0 Å². The summed E-state index contributed by atoms with van der Waals surface area (Å²) in [7, 11) is 1.54. The van der Waals surface area contributed by atoms with Crippen molar-refractivity contribution < 1.29 is 9.47 Å². The van der Waals surface area contributed by atoms with Crippen molar-refractivity contribution >= 4 is 17.4 Å². The summed E-state index contributed by atoms with van der Waals surface area (Å²) in [5.74, 6) is 1.09. The van der Waals surface area contributed by atoms with Crippen molar-refractivity contribution in [3.8, 4) is 5.75 Å². The molecule has 1 heterocycles. The Morgan fingerprint density at radius 3 is 2.88 bits per heavy atom. The number of aromatic nitrogens is 2. The number of anilines is 1. The van der Waals surface area contributed by atoms with Crippen molar-refractivity contribution in [2.75, 3.05) is 32.2 Å². The van der Waals surface area contributed by atoms with Gasteiger partial charge in [-0.2, -0.15) is 0 Å². The third-order valence-electron chi connectivity index (χ3n) is 2.07. The molecule has 0 unspecified atom stereocenters. The number of nitrogens with one attached hydrogen (secondary N) is 1. The van der Waals surface area contributed by atoms with Gasteiger partial charge in [0.05, 0.1) is 7.11 Å². The van der Waals surface area contributed by atoms with Crippen LogP contribution in [0.15, 0.2) is 6.33 Å². The molecule has 6 heteroatoms. The van der Waals surface area contributed by atoms with E-state index in [2.05, 4.69) is 22.2 Å². The fourth-order valence-corrected chi connectivity index (χ4v) is 1.50. The summed E-state index contributed by atoms with van der Waals surface area (Å²) in [6, 6.07) is 0. The third kappa shape index (κ3) is 4.75. The highest BCUT2D eigenvalue weighted by molar-refractivity contribution is 6.31. The minimum absolute atomic E-state index is 0.312. The summed E-state index contributed by atoms with van der Waals surface area (Å²) in [4.78, 5) is 7.92. The lowest BCUT2D eigenvalue weighted by molar-refractivity contribution is 0.134. The molecule has 0 atom stereocenters. The largest absolute Gasteiger partial charge is 0.490 e. The van der Waals surface area contributed by atoms with Crippen LogP contribution in [0, 0.1) is 0 Å². The smallest absolute Gasteiger partial charge is 0.198 e. The molecule has 1 N–H and O–H groups in total. The minimum Gasteiger partial charge on any atom is -0.490 e. The number of methoxy groups -OCH3 is 1. The molecule has 0 aromatic carbocycles. The Morgan fingerprint density at radius 1 is 1.35 bits per heavy atom. The molecular formula is C11H18ClN3O2. The van der Waals surface area contributed by atoms with Crippen LogP contribution < -0.4 is 10.1 Å². The van der Waals surface area contributed by atoms with E-state index in [1.165, 1.54) is 6.33 Å². The molecule has 96 valence electrons. The summed E-state index contributed by atoms with van der Waals surface area (Å²) in [5, 5.41) is 3.45. The highest BCUT2D eigenvalue weighted by Gasteiger charge is 2.08. The summed E-state index contributed by atoms with van der Waals surface area (Å²) in [5.41, 5.74) is 0. The third-order valence-corrected chi connectivity index (χ3v) is 2.34. The van der Waals surface area contributed by atoms with E-state index in [9.17, 15) is 0 Å². The minimum atomic E-state index is 0.312. The number of rotatable bonds is 8. The topological polar surface area (TPSA) is 56.3 Å². The van der Waals surface area contributed by atoms with E-state index in [4.69, 9.17) is 21.1 Å². The predicted molar refractivity (Wildman–Crippen MR) is 67.8 cm³/mol. The Kier molecular flexibility index (Phi) is 6.65. The van der Waals surface area contributed by atoms with Crippen LogP contribution in [-0.4, -0.2) is 36.8 Å². The fraction of sp³-hybridized carbons (Fsp3) is 0.636. The van der Waals surface area contributed by atoms with Crippen molar-refractivity contribution in [3.63, 3.8) is 0 Å². The van der Waals surface area contributed by atoms with E-state index in [0.29, 0.717) is 16.7 Å². The Labute approximate surface area is 107 Å². The van der Waals surface area contributed by atoms with Crippen molar-refractivity contribution in [3.05, 3.63) is 11.5 Å². The molecule has 0 saturated carbocycles. The number of ether oxygens (including phenoxy) is 2. The highest BCUT2D eigenvalue weighted by atomic mass is 35.5. The van der Waals surface area contributed by atoms with Crippen LogP contribution in [0.4, 0.5) is 5.82 Å². The fourth-order valence-electron chi connectivity index (χ4n) is 1.29. The first-order chi connectivity index (χ1) is 8.29. The number of hydrogen-bond donors (Lipinski definition) is 1. The van der Waals surface area contributed by atoms with Gasteiger partial charge >= 0.3 is 0 Å². The van der Waals surface area contributed by atoms with Gasteiger partial charge in [0.1, 0.15) is 6.33 Å². The van der Waals surface area contributed by atoms with E-state index in [0.717, 1.165) is 32.6 Å². The SMILES string of the molecule is CCCOCCCNc1ncnc(Cl)c1OC. The second-order valence-corrected chi connectivity index (χ2v) is 3.80. The number of halogens is 1. The lowest BCUT2D eigenvalue weighted by Crippen LogP contribution is -2.08. The lowest BCUT2D eigenvalue weighted by atomic mass is 10.4. The first-order valence-electron chi connectivity index (χ1n) is 5.65. The van der Waals surface area contributed by atoms with Gasteiger partial charge in [-0.25, -0.2) is 9.97 Å². The zero-order valence-corrected chi connectivity index (χ0v) is 11.0. The normalized spacial score (nSPS) is 10.3. The maximum atomic E-state index is 5.87. The summed E-state index contributed by atoms with van der Waals surface area (Å²) < 4.78 is 10.5. The molecule has 1 aromatic heterocycles. The van der Waals surface area contributed by atoms with E-state index in [-0.39, 0.29) is 0 Å². The van der Waals surface area contributed by atoms with Crippen LogP contribution in [-0.2, 0) is 4.74 Å². The molecule has 0 bridgehead atoms. The summed E-state index contributed by atoms with van der Waals surface area (Å²) in [6.07, 6.45) is 3.36. The average Bonchev–Trinajstić information content (AvgIpc) is 2.34. The number of hydrogen-bond acceptors (Lipinski definition) is 5. The maximum absolute atomic E-state index is 5.87. The molecule has 0 aliphatic heterocycles. The van der Waals surface area contributed by atoms with Crippen LogP contribution in [0.2, 0.25) is 5.15 Å². The van der Waals surface area contributed by atoms with Crippen LogP contribution in [0.5, 0.6) is 5.75 Å².